The van der Waals surface area contributed by atoms with E-state index in [1.807, 2.05) is 29.1 Å². The number of hydrogen-bond donors (Lipinski definition) is 3. The van der Waals surface area contributed by atoms with Gasteiger partial charge in [-0.15, -0.1) is 24.0 Å². The Morgan fingerprint density at radius 1 is 1.43 bits per heavy atom. The quantitative estimate of drug-likeness (QED) is 0.253. The van der Waals surface area contributed by atoms with Crippen molar-refractivity contribution >= 4 is 52.4 Å². The van der Waals surface area contributed by atoms with Crippen molar-refractivity contribution in [3.05, 3.63) is 46.6 Å². The van der Waals surface area contributed by atoms with E-state index in [-0.39, 0.29) is 30.0 Å². The molecule has 3 heterocycles. The van der Waals surface area contributed by atoms with Crippen LogP contribution in [0.3, 0.4) is 0 Å². The van der Waals surface area contributed by atoms with Gasteiger partial charge >= 0.3 is 0 Å². The summed E-state index contributed by atoms with van der Waals surface area (Å²) in [5.41, 5.74) is 2.34. The Bertz CT molecular complexity index is 1020. The summed E-state index contributed by atoms with van der Waals surface area (Å²) in [6.07, 6.45) is 4.80. The number of aromatic nitrogens is 4. The fourth-order valence-corrected chi connectivity index (χ4v) is 3.90. The van der Waals surface area contributed by atoms with E-state index in [1.165, 1.54) is 10.9 Å². The fraction of sp³-hybridized carbons (Fsp3) is 0.450. The number of aromatic amines is 1. The summed E-state index contributed by atoms with van der Waals surface area (Å²) >= 11 is 6.14. The Labute approximate surface area is 197 Å². The molecule has 10 heteroatoms. The molecule has 0 bridgehead atoms. The van der Waals surface area contributed by atoms with Gasteiger partial charge in [-0.25, -0.2) is 9.67 Å². The Balaban J connectivity index is 0.00000256. The minimum absolute atomic E-state index is 0. The third kappa shape index (κ3) is 5.25. The number of methoxy groups -OCH3 is 1. The van der Waals surface area contributed by atoms with Crippen LogP contribution in [0.25, 0.3) is 10.9 Å². The molecule has 0 aliphatic carbocycles. The molecular weight excluding hydrogens is 517 g/mol. The van der Waals surface area contributed by atoms with Gasteiger partial charge in [-0.3, -0.25) is 4.99 Å². The van der Waals surface area contributed by atoms with E-state index in [0.717, 1.165) is 60.5 Å². The second-order valence-corrected chi connectivity index (χ2v) is 7.63. The van der Waals surface area contributed by atoms with Crippen LogP contribution in [0.1, 0.15) is 23.6 Å². The highest BCUT2D eigenvalue weighted by molar-refractivity contribution is 14.0. The predicted octanol–water partition coefficient (Wildman–Crippen LogP) is 2.90. The van der Waals surface area contributed by atoms with Crippen LogP contribution in [-0.4, -0.2) is 52.5 Å². The molecule has 3 aromatic rings. The molecule has 1 aromatic carbocycles. The molecule has 4 rings (SSSR count). The van der Waals surface area contributed by atoms with Crippen LogP contribution in [0.15, 0.2) is 29.4 Å². The van der Waals surface area contributed by atoms with E-state index in [0.29, 0.717) is 6.61 Å². The lowest BCUT2D eigenvalue weighted by Crippen LogP contribution is -2.47. The number of fused-ring (bicyclic) bond motifs is 2. The molecule has 1 aliphatic rings. The fourth-order valence-electron chi connectivity index (χ4n) is 3.73. The predicted molar refractivity (Wildman–Crippen MR) is 130 cm³/mol. The zero-order chi connectivity index (χ0) is 20.2. The first-order valence-electron chi connectivity index (χ1n) is 9.80. The van der Waals surface area contributed by atoms with Crippen molar-refractivity contribution in [3.8, 4) is 0 Å². The Kier molecular flexibility index (Phi) is 7.95. The number of aliphatic imine (C=N–C) groups is 1. The number of H-pyrrole nitrogens is 1. The van der Waals surface area contributed by atoms with Crippen molar-refractivity contribution in [2.24, 2.45) is 4.99 Å². The van der Waals surface area contributed by atoms with Gasteiger partial charge in [0, 0.05) is 55.3 Å². The summed E-state index contributed by atoms with van der Waals surface area (Å²) in [6.45, 7) is 1.99. The second-order valence-electron chi connectivity index (χ2n) is 7.19. The molecule has 162 valence electrons. The number of benzene rings is 1. The summed E-state index contributed by atoms with van der Waals surface area (Å²) in [5.74, 6) is 2.56. The topological polar surface area (TPSA) is 92.2 Å². The van der Waals surface area contributed by atoms with Crippen LogP contribution >= 0.6 is 35.6 Å². The van der Waals surface area contributed by atoms with Crippen LogP contribution in [-0.2, 0) is 30.7 Å². The van der Waals surface area contributed by atoms with Crippen molar-refractivity contribution in [3.63, 3.8) is 0 Å². The molecule has 1 unspecified atom stereocenters. The summed E-state index contributed by atoms with van der Waals surface area (Å²) in [4.78, 5) is 12.2. The first-order chi connectivity index (χ1) is 14.2. The number of hydrogen-bond acceptors (Lipinski definition) is 4. The van der Waals surface area contributed by atoms with Gasteiger partial charge in [-0.1, -0.05) is 11.6 Å². The highest BCUT2D eigenvalue weighted by Gasteiger charge is 2.22. The van der Waals surface area contributed by atoms with Gasteiger partial charge in [0.1, 0.15) is 12.4 Å². The lowest BCUT2D eigenvalue weighted by atomic mass is 10.1. The van der Waals surface area contributed by atoms with Gasteiger partial charge in [0.25, 0.3) is 0 Å². The standard InChI is InChI=1S/C20H26ClN7O.HI/c1-22-20(23-8-7-13-10-24-17-5-3-14(21)9-16(13)17)25-15-4-6-19-26-18(12-29-2)27-28(19)11-15;/h3,5,9-10,15,24H,4,6-8,11-12H2,1-2H3,(H2,22,23,25);1H. The first kappa shape index (κ1) is 22.8. The average Bonchev–Trinajstić information content (AvgIpc) is 3.30. The van der Waals surface area contributed by atoms with Crippen molar-refractivity contribution in [1.82, 2.24) is 30.4 Å². The molecule has 2 aromatic heterocycles. The molecule has 1 aliphatic heterocycles. The number of halogens is 2. The summed E-state index contributed by atoms with van der Waals surface area (Å²) in [5, 5.41) is 13.4. The van der Waals surface area contributed by atoms with Crippen LogP contribution in [0.2, 0.25) is 5.02 Å². The van der Waals surface area contributed by atoms with Gasteiger partial charge in [-0.05, 0) is 36.6 Å². The third-order valence-electron chi connectivity index (χ3n) is 5.16. The summed E-state index contributed by atoms with van der Waals surface area (Å²) < 4.78 is 7.10. The van der Waals surface area contributed by atoms with E-state index in [2.05, 4.69) is 30.7 Å². The SMILES string of the molecule is CN=C(NCCc1c[nH]c2ccc(Cl)cc12)NC1CCc2nc(COC)nn2C1.I. The van der Waals surface area contributed by atoms with E-state index < -0.39 is 0 Å². The van der Waals surface area contributed by atoms with E-state index in [4.69, 9.17) is 16.3 Å². The van der Waals surface area contributed by atoms with E-state index >= 15 is 0 Å². The zero-order valence-electron chi connectivity index (χ0n) is 17.1. The highest BCUT2D eigenvalue weighted by Crippen LogP contribution is 2.22. The molecule has 0 saturated heterocycles. The molecular formula is C20H27ClIN7O. The maximum absolute atomic E-state index is 6.14. The first-order valence-corrected chi connectivity index (χ1v) is 10.2. The van der Waals surface area contributed by atoms with Gasteiger partial charge < -0.3 is 20.4 Å². The number of guanidine groups is 1. The third-order valence-corrected chi connectivity index (χ3v) is 5.39. The zero-order valence-corrected chi connectivity index (χ0v) is 20.2. The van der Waals surface area contributed by atoms with Crippen LogP contribution in [0.4, 0.5) is 0 Å². The Morgan fingerprint density at radius 2 is 2.30 bits per heavy atom. The number of aryl methyl sites for hydroxylation is 1. The Hall–Kier alpha value is -1.85. The molecule has 8 nitrogen and oxygen atoms in total. The monoisotopic (exact) mass is 543 g/mol. The number of nitrogens with zero attached hydrogens (tertiary/aromatic N) is 4. The molecule has 30 heavy (non-hydrogen) atoms. The lowest BCUT2D eigenvalue weighted by Gasteiger charge is -2.25. The minimum Gasteiger partial charge on any atom is -0.377 e. The summed E-state index contributed by atoms with van der Waals surface area (Å²) in [6, 6.07) is 6.18. The molecule has 3 N–H and O–H groups in total. The van der Waals surface area contributed by atoms with E-state index in [9.17, 15) is 0 Å². The van der Waals surface area contributed by atoms with Crippen molar-refractivity contribution < 1.29 is 4.74 Å². The molecule has 0 saturated carbocycles. The smallest absolute Gasteiger partial charge is 0.191 e. The Morgan fingerprint density at radius 3 is 3.10 bits per heavy atom. The van der Waals surface area contributed by atoms with Crippen LogP contribution in [0, 0.1) is 0 Å². The number of rotatable bonds is 6. The largest absolute Gasteiger partial charge is 0.377 e. The van der Waals surface area contributed by atoms with Crippen molar-refractivity contribution in [2.75, 3.05) is 20.7 Å². The second kappa shape index (κ2) is 10.5. The minimum atomic E-state index is 0. The normalized spacial score (nSPS) is 16.2. The maximum atomic E-state index is 6.14. The van der Waals surface area contributed by atoms with E-state index in [1.54, 1.807) is 14.2 Å². The molecule has 0 fully saturated rings. The van der Waals surface area contributed by atoms with Crippen LogP contribution < -0.4 is 10.6 Å². The van der Waals surface area contributed by atoms with Crippen LogP contribution in [0.5, 0.6) is 0 Å². The average molecular weight is 544 g/mol. The van der Waals surface area contributed by atoms with Gasteiger partial charge in [-0.2, -0.15) is 5.10 Å². The molecule has 1 atom stereocenters. The van der Waals surface area contributed by atoms with Gasteiger partial charge in [0.15, 0.2) is 11.8 Å². The highest BCUT2D eigenvalue weighted by atomic mass is 127. The van der Waals surface area contributed by atoms with Crippen molar-refractivity contribution in [2.45, 2.75) is 38.5 Å². The van der Waals surface area contributed by atoms with Gasteiger partial charge in [0.05, 0.1) is 6.54 Å². The molecule has 0 amide bonds. The maximum Gasteiger partial charge on any atom is 0.191 e. The van der Waals surface area contributed by atoms with Crippen molar-refractivity contribution in [1.29, 1.82) is 0 Å². The molecule has 0 radical (unpaired) electrons. The van der Waals surface area contributed by atoms with Gasteiger partial charge in [0.2, 0.25) is 0 Å². The summed E-state index contributed by atoms with van der Waals surface area (Å²) in [7, 11) is 3.45. The molecule has 0 spiro atoms. The lowest BCUT2D eigenvalue weighted by molar-refractivity contribution is 0.177. The number of nitrogens with one attached hydrogen (secondary N) is 3. The number of ether oxygens (including phenoxy) is 1.